The molecule has 0 N–H and O–H groups in total. The molecule has 1 aliphatic rings. The van der Waals surface area contributed by atoms with Crippen LogP contribution in [0.4, 0.5) is 0 Å². The Labute approximate surface area is 97.3 Å². The Morgan fingerprint density at radius 1 is 1.00 bits per heavy atom. The van der Waals surface area contributed by atoms with Crippen LogP contribution < -0.4 is 0 Å². The van der Waals surface area contributed by atoms with E-state index in [1.165, 1.54) is 14.1 Å². The summed E-state index contributed by atoms with van der Waals surface area (Å²) in [7, 11) is -5.41. The maximum absolute atomic E-state index is 11.7. The first-order chi connectivity index (χ1) is 7.26. The molecule has 6 nitrogen and oxygen atoms in total. The minimum absolute atomic E-state index is 0.509. The van der Waals surface area contributed by atoms with Gasteiger partial charge in [-0.25, -0.2) is 21.1 Å². The van der Waals surface area contributed by atoms with Gasteiger partial charge in [-0.15, -0.1) is 0 Å². The van der Waals surface area contributed by atoms with Crippen molar-refractivity contribution in [2.75, 3.05) is 14.1 Å². The minimum atomic E-state index is -4.03. The Bertz CT molecular complexity index is 421. The summed E-state index contributed by atoms with van der Waals surface area (Å²) in [6, 6.07) is 0. The molecule has 96 valence electrons. The first kappa shape index (κ1) is 13.9. The fourth-order valence-electron chi connectivity index (χ4n) is 1.62. The van der Waals surface area contributed by atoms with Gasteiger partial charge in [0.2, 0.25) is 0 Å². The van der Waals surface area contributed by atoms with Crippen LogP contribution in [0.5, 0.6) is 0 Å². The molecular weight excluding hydrogens is 252 g/mol. The van der Waals surface area contributed by atoms with Crippen molar-refractivity contribution >= 4 is 20.2 Å². The maximum Gasteiger partial charge on any atom is 0.147 e. The largest absolute Gasteiger partial charge is 0.422 e. The summed E-state index contributed by atoms with van der Waals surface area (Å²) in [4.78, 5) is 0. The molecule has 0 unspecified atom stereocenters. The Hall–Kier alpha value is -0.180. The molecule has 1 saturated carbocycles. The molecule has 0 aromatic carbocycles. The monoisotopic (exact) mass is 269 g/mol. The number of nitrogens with zero attached hydrogens (tertiary/aromatic N) is 2. The average molecular weight is 269 g/mol. The predicted octanol–water partition coefficient (Wildman–Crippen LogP) is 0.829. The second-order valence-electron chi connectivity index (χ2n) is 4.11. The molecule has 0 aliphatic heterocycles. The Morgan fingerprint density at radius 3 is 1.94 bits per heavy atom. The molecule has 1 fully saturated rings. The maximum atomic E-state index is 11.7. The zero-order valence-electron chi connectivity index (χ0n) is 9.46. The van der Waals surface area contributed by atoms with Gasteiger partial charge in [-0.1, -0.05) is 19.3 Å². The van der Waals surface area contributed by atoms with Crippen LogP contribution in [0.2, 0.25) is 0 Å². The summed E-state index contributed by atoms with van der Waals surface area (Å²) < 4.78 is 50.0. The molecule has 0 spiro atoms. The number of sulfonamides is 1. The van der Waals surface area contributed by atoms with Crippen LogP contribution in [0.1, 0.15) is 32.1 Å². The van der Waals surface area contributed by atoms with Gasteiger partial charge in [-0.2, -0.15) is 0 Å². The van der Waals surface area contributed by atoms with E-state index in [0.717, 1.165) is 23.6 Å². The predicted molar refractivity (Wildman–Crippen MR) is 61.8 cm³/mol. The molecule has 0 bridgehead atoms. The molecule has 0 aromatic rings. The fraction of sp³-hybridized carbons (Fsp3) is 1.00. The van der Waals surface area contributed by atoms with Gasteiger partial charge in [0.25, 0.3) is 0 Å². The van der Waals surface area contributed by atoms with E-state index in [2.05, 4.69) is 4.13 Å². The lowest BCUT2D eigenvalue weighted by Gasteiger charge is -2.31. The van der Waals surface area contributed by atoms with Crippen LogP contribution in [0.25, 0.3) is 4.13 Å². The Morgan fingerprint density at radius 2 is 1.50 bits per heavy atom. The highest BCUT2D eigenvalue weighted by Crippen LogP contribution is 2.28. The summed E-state index contributed by atoms with van der Waals surface area (Å²) in [5.74, 6) is 0. The fourth-order valence-corrected chi connectivity index (χ4v) is 4.62. The molecule has 0 heterocycles. The SMILES string of the molecule is CN(C)S(=O)(=O)[N-]S(=O)(=O)C1CCCCC1. The van der Waals surface area contributed by atoms with Crippen LogP contribution in [-0.2, 0) is 20.2 Å². The first-order valence-electron chi connectivity index (χ1n) is 5.16. The topological polar surface area (TPSA) is 85.6 Å². The van der Waals surface area contributed by atoms with E-state index in [4.69, 9.17) is 0 Å². The van der Waals surface area contributed by atoms with Crippen LogP contribution in [0, 0.1) is 0 Å². The molecule has 0 radical (unpaired) electrons. The third-order valence-corrected chi connectivity index (χ3v) is 6.45. The first-order valence-corrected chi connectivity index (χ1v) is 8.06. The third kappa shape index (κ3) is 3.41. The van der Waals surface area contributed by atoms with Gasteiger partial charge >= 0.3 is 0 Å². The number of rotatable bonds is 4. The highest BCUT2D eigenvalue weighted by molar-refractivity contribution is 8.11. The smallest absolute Gasteiger partial charge is 0.147 e. The quantitative estimate of drug-likeness (QED) is 0.756. The van der Waals surface area contributed by atoms with Crippen molar-refractivity contribution in [3.05, 3.63) is 4.13 Å². The average Bonchev–Trinajstić information content (AvgIpc) is 2.17. The molecule has 0 amide bonds. The van der Waals surface area contributed by atoms with Crippen LogP contribution in [0.3, 0.4) is 0 Å². The zero-order chi connectivity index (χ0) is 12.4. The summed E-state index contributed by atoms with van der Waals surface area (Å²) >= 11 is 0. The van der Waals surface area contributed by atoms with Crippen molar-refractivity contribution in [3.63, 3.8) is 0 Å². The van der Waals surface area contributed by atoms with Crippen molar-refractivity contribution in [2.24, 2.45) is 0 Å². The number of hydrogen-bond acceptors (Lipinski definition) is 4. The van der Waals surface area contributed by atoms with Crippen molar-refractivity contribution in [1.29, 1.82) is 0 Å². The molecular formula is C8H17N2O4S2-. The standard InChI is InChI=1S/C8H17N2O4S2/c1-10(2)16(13,14)9-15(11,12)8-6-4-3-5-7-8/h8H,3-7H2,1-2H3/q-1. The van der Waals surface area contributed by atoms with E-state index in [1.54, 1.807) is 0 Å². The lowest BCUT2D eigenvalue weighted by molar-refractivity contribution is 0.486. The molecule has 0 saturated heterocycles. The van der Waals surface area contributed by atoms with Gasteiger partial charge in [0, 0.05) is 19.3 Å². The van der Waals surface area contributed by atoms with Crippen molar-refractivity contribution in [2.45, 2.75) is 37.4 Å². The van der Waals surface area contributed by atoms with Gasteiger partial charge in [0.1, 0.15) is 10.2 Å². The van der Waals surface area contributed by atoms with Crippen molar-refractivity contribution in [1.82, 2.24) is 4.31 Å². The highest BCUT2D eigenvalue weighted by Gasteiger charge is 2.23. The lowest BCUT2D eigenvalue weighted by Crippen LogP contribution is -2.29. The van der Waals surface area contributed by atoms with Gasteiger partial charge in [-0.3, -0.25) is 0 Å². The lowest BCUT2D eigenvalue weighted by atomic mass is 10.0. The summed E-state index contributed by atoms with van der Waals surface area (Å²) in [5.41, 5.74) is 0. The van der Waals surface area contributed by atoms with E-state index in [1.807, 2.05) is 0 Å². The second kappa shape index (κ2) is 4.99. The molecule has 16 heavy (non-hydrogen) atoms. The highest BCUT2D eigenvalue weighted by atomic mass is 32.3. The molecule has 0 atom stereocenters. The molecule has 0 aromatic heterocycles. The Balaban J connectivity index is 2.79. The number of hydrogen-bond donors (Lipinski definition) is 0. The van der Waals surface area contributed by atoms with E-state index in [-0.39, 0.29) is 0 Å². The van der Waals surface area contributed by atoms with Crippen LogP contribution in [-0.4, -0.2) is 40.5 Å². The van der Waals surface area contributed by atoms with E-state index >= 15 is 0 Å². The van der Waals surface area contributed by atoms with Gasteiger partial charge < -0.3 is 4.13 Å². The van der Waals surface area contributed by atoms with Crippen molar-refractivity contribution < 1.29 is 16.8 Å². The molecule has 8 heteroatoms. The summed E-state index contributed by atoms with van der Waals surface area (Å²) in [6.45, 7) is 0. The van der Waals surface area contributed by atoms with Crippen molar-refractivity contribution in [3.8, 4) is 0 Å². The third-order valence-electron chi connectivity index (χ3n) is 2.63. The van der Waals surface area contributed by atoms with E-state index < -0.39 is 25.5 Å². The van der Waals surface area contributed by atoms with E-state index in [9.17, 15) is 16.8 Å². The van der Waals surface area contributed by atoms with Gasteiger partial charge in [0.05, 0.1) is 10.0 Å². The van der Waals surface area contributed by atoms with Gasteiger partial charge in [0.15, 0.2) is 0 Å². The molecule has 1 rings (SSSR count). The normalized spacial score (nSPS) is 20.2. The summed E-state index contributed by atoms with van der Waals surface area (Å²) in [6.07, 6.45) is 3.67. The Kier molecular flexibility index (Phi) is 4.33. The summed E-state index contributed by atoms with van der Waals surface area (Å²) in [5, 5.41) is -0.629. The zero-order valence-corrected chi connectivity index (χ0v) is 11.1. The minimum Gasteiger partial charge on any atom is -0.422 e. The van der Waals surface area contributed by atoms with Gasteiger partial charge in [-0.05, 0) is 12.8 Å². The van der Waals surface area contributed by atoms with E-state index in [0.29, 0.717) is 12.8 Å². The van der Waals surface area contributed by atoms with Crippen LogP contribution >= 0.6 is 0 Å². The molecule has 1 aliphatic carbocycles. The van der Waals surface area contributed by atoms with Crippen LogP contribution in [0.15, 0.2) is 0 Å². The second-order valence-corrected chi connectivity index (χ2v) is 8.03.